The molecule has 0 saturated heterocycles. The maximum atomic E-state index is 10.9. The molecule has 0 unspecified atom stereocenters. The van der Waals surface area contributed by atoms with Gasteiger partial charge < -0.3 is 9.52 Å². The molecular weight excluding hydrogens is 156 g/mol. The van der Waals surface area contributed by atoms with Crippen LogP contribution in [0.1, 0.15) is 25.5 Å². The monoisotopic (exact) mass is 168 g/mol. The van der Waals surface area contributed by atoms with E-state index in [-0.39, 0.29) is 11.2 Å². The molecule has 1 aromatic rings. The minimum atomic E-state index is -0.368. The van der Waals surface area contributed by atoms with Crippen molar-refractivity contribution in [1.29, 1.82) is 0 Å². The third-order valence-corrected chi connectivity index (χ3v) is 1.64. The van der Waals surface area contributed by atoms with Crippen LogP contribution in [0.2, 0.25) is 0 Å². The van der Waals surface area contributed by atoms with Crippen molar-refractivity contribution in [3.05, 3.63) is 28.3 Å². The van der Waals surface area contributed by atoms with Crippen molar-refractivity contribution in [3.8, 4) is 5.75 Å². The fourth-order valence-electron chi connectivity index (χ4n) is 0.926. The van der Waals surface area contributed by atoms with Gasteiger partial charge in [0, 0.05) is 12.5 Å². The summed E-state index contributed by atoms with van der Waals surface area (Å²) in [7, 11) is 0. The molecule has 0 aliphatic rings. The third kappa shape index (κ3) is 2.12. The van der Waals surface area contributed by atoms with Gasteiger partial charge in [0.2, 0.25) is 5.43 Å². The second kappa shape index (κ2) is 3.95. The lowest BCUT2D eigenvalue weighted by molar-refractivity contribution is 0.411. The summed E-state index contributed by atoms with van der Waals surface area (Å²) >= 11 is 0. The van der Waals surface area contributed by atoms with Crippen LogP contribution in [0.4, 0.5) is 0 Å². The molecule has 1 heterocycles. The highest BCUT2D eigenvalue weighted by Crippen LogP contribution is 2.06. The molecule has 0 saturated carbocycles. The van der Waals surface area contributed by atoms with E-state index in [0.29, 0.717) is 5.76 Å². The molecule has 0 aromatic carbocycles. The van der Waals surface area contributed by atoms with E-state index in [0.717, 1.165) is 25.5 Å². The molecule has 1 rings (SSSR count). The second-order valence-electron chi connectivity index (χ2n) is 2.70. The number of aryl methyl sites for hydroxylation is 1. The molecule has 0 fully saturated rings. The summed E-state index contributed by atoms with van der Waals surface area (Å²) in [5.41, 5.74) is -0.368. The van der Waals surface area contributed by atoms with E-state index in [1.807, 2.05) is 0 Å². The van der Waals surface area contributed by atoms with E-state index < -0.39 is 0 Å². The number of aromatic hydroxyl groups is 1. The number of rotatable bonds is 3. The van der Waals surface area contributed by atoms with Crippen molar-refractivity contribution in [2.45, 2.75) is 26.2 Å². The van der Waals surface area contributed by atoms with Gasteiger partial charge in [0.1, 0.15) is 12.0 Å². The van der Waals surface area contributed by atoms with Crippen LogP contribution in [-0.4, -0.2) is 5.11 Å². The number of unbranched alkanes of at least 4 members (excludes halogenated alkanes) is 1. The fourth-order valence-corrected chi connectivity index (χ4v) is 0.926. The van der Waals surface area contributed by atoms with E-state index in [4.69, 9.17) is 9.52 Å². The molecule has 1 aromatic heterocycles. The standard InChI is InChI=1S/C9H12O3/c1-2-3-4-7-5-8(10)9(11)6-12-7/h5-6,11H,2-4H2,1H3. The highest BCUT2D eigenvalue weighted by Gasteiger charge is 2.00. The van der Waals surface area contributed by atoms with Crippen molar-refractivity contribution in [2.24, 2.45) is 0 Å². The Morgan fingerprint density at radius 1 is 1.58 bits per heavy atom. The molecular formula is C9H12O3. The zero-order valence-electron chi connectivity index (χ0n) is 7.04. The highest BCUT2D eigenvalue weighted by atomic mass is 16.3. The van der Waals surface area contributed by atoms with Crippen LogP contribution in [0.25, 0.3) is 0 Å². The van der Waals surface area contributed by atoms with E-state index in [1.54, 1.807) is 0 Å². The minimum absolute atomic E-state index is 0.324. The van der Waals surface area contributed by atoms with E-state index >= 15 is 0 Å². The summed E-state index contributed by atoms with van der Waals surface area (Å²) in [4.78, 5) is 10.9. The van der Waals surface area contributed by atoms with Gasteiger partial charge in [-0.05, 0) is 6.42 Å². The first kappa shape index (κ1) is 8.84. The molecule has 0 spiro atoms. The van der Waals surface area contributed by atoms with Crippen LogP contribution in [0.3, 0.4) is 0 Å². The molecule has 3 nitrogen and oxygen atoms in total. The normalized spacial score (nSPS) is 10.1. The molecule has 1 N–H and O–H groups in total. The summed E-state index contributed by atoms with van der Waals surface area (Å²) in [6.07, 6.45) is 3.90. The fraction of sp³-hybridized carbons (Fsp3) is 0.444. The van der Waals surface area contributed by atoms with Gasteiger partial charge in [-0.3, -0.25) is 4.79 Å². The predicted octanol–water partition coefficient (Wildman–Crippen LogP) is 1.69. The Morgan fingerprint density at radius 2 is 2.33 bits per heavy atom. The van der Waals surface area contributed by atoms with Gasteiger partial charge in [-0.25, -0.2) is 0 Å². The van der Waals surface area contributed by atoms with Crippen molar-refractivity contribution < 1.29 is 9.52 Å². The summed E-state index contributed by atoms with van der Waals surface area (Å²) in [6, 6.07) is 1.34. The Bertz CT molecular complexity index is 301. The van der Waals surface area contributed by atoms with Gasteiger partial charge in [0.15, 0.2) is 5.75 Å². The molecule has 0 aliphatic heterocycles. The first-order valence-corrected chi connectivity index (χ1v) is 4.04. The highest BCUT2D eigenvalue weighted by molar-refractivity contribution is 5.15. The van der Waals surface area contributed by atoms with Gasteiger partial charge in [0.05, 0.1) is 0 Å². The second-order valence-corrected chi connectivity index (χ2v) is 2.70. The molecule has 0 bridgehead atoms. The van der Waals surface area contributed by atoms with E-state index in [1.165, 1.54) is 6.07 Å². The van der Waals surface area contributed by atoms with Gasteiger partial charge in [-0.2, -0.15) is 0 Å². The lowest BCUT2D eigenvalue weighted by Gasteiger charge is -1.97. The number of hydrogen-bond acceptors (Lipinski definition) is 3. The summed E-state index contributed by atoms with van der Waals surface area (Å²) in [5.74, 6) is 0.315. The summed E-state index contributed by atoms with van der Waals surface area (Å²) in [5, 5.41) is 8.86. The van der Waals surface area contributed by atoms with Crippen LogP contribution in [-0.2, 0) is 6.42 Å². The average molecular weight is 168 g/mol. The van der Waals surface area contributed by atoms with Crippen LogP contribution in [0, 0.1) is 0 Å². The zero-order chi connectivity index (χ0) is 8.97. The van der Waals surface area contributed by atoms with Crippen molar-refractivity contribution in [3.63, 3.8) is 0 Å². The van der Waals surface area contributed by atoms with Crippen molar-refractivity contribution in [2.75, 3.05) is 0 Å². The maximum Gasteiger partial charge on any atom is 0.226 e. The minimum Gasteiger partial charge on any atom is -0.502 e. The maximum absolute atomic E-state index is 10.9. The average Bonchev–Trinajstić information content (AvgIpc) is 2.07. The Hall–Kier alpha value is -1.25. The van der Waals surface area contributed by atoms with Gasteiger partial charge in [0.25, 0.3) is 0 Å². The third-order valence-electron chi connectivity index (χ3n) is 1.64. The first-order chi connectivity index (χ1) is 5.74. The van der Waals surface area contributed by atoms with Crippen LogP contribution in [0.5, 0.6) is 5.75 Å². The van der Waals surface area contributed by atoms with Crippen molar-refractivity contribution >= 4 is 0 Å². The smallest absolute Gasteiger partial charge is 0.226 e. The number of hydrogen-bond donors (Lipinski definition) is 1. The lowest BCUT2D eigenvalue weighted by atomic mass is 10.2. The predicted molar refractivity (Wildman–Crippen MR) is 45.3 cm³/mol. The van der Waals surface area contributed by atoms with Crippen molar-refractivity contribution in [1.82, 2.24) is 0 Å². The Labute approximate surface area is 70.7 Å². The molecule has 12 heavy (non-hydrogen) atoms. The molecule has 0 radical (unpaired) electrons. The van der Waals surface area contributed by atoms with Crippen LogP contribution >= 0.6 is 0 Å². The molecule has 0 amide bonds. The summed E-state index contributed by atoms with van der Waals surface area (Å²) in [6.45, 7) is 2.07. The molecule has 3 heteroatoms. The molecule has 66 valence electrons. The Balaban J connectivity index is 2.76. The Kier molecular flexibility index (Phi) is 2.91. The van der Waals surface area contributed by atoms with Gasteiger partial charge in [-0.1, -0.05) is 13.3 Å². The van der Waals surface area contributed by atoms with Gasteiger partial charge >= 0.3 is 0 Å². The largest absolute Gasteiger partial charge is 0.502 e. The lowest BCUT2D eigenvalue weighted by Crippen LogP contribution is -1.99. The first-order valence-electron chi connectivity index (χ1n) is 4.04. The summed E-state index contributed by atoms with van der Waals surface area (Å²) < 4.78 is 4.99. The Morgan fingerprint density at radius 3 is 2.92 bits per heavy atom. The van der Waals surface area contributed by atoms with Gasteiger partial charge in [-0.15, -0.1) is 0 Å². The van der Waals surface area contributed by atoms with E-state index in [9.17, 15) is 4.79 Å². The van der Waals surface area contributed by atoms with Crippen LogP contribution in [0.15, 0.2) is 21.5 Å². The van der Waals surface area contributed by atoms with Crippen LogP contribution < -0.4 is 5.43 Å². The zero-order valence-corrected chi connectivity index (χ0v) is 7.04. The molecule has 0 atom stereocenters. The topological polar surface area (TPSA) is 50.4 Å². The SMILES string of the molecule is CCCCc1cc(=O)c(O)co1. The quantitative estimate of drug-likeness (QED) is 0.747. The molecule has 0 aliphatic carbocycles. The van der Waals surface area contributed by atoms with E-state index in [2.05, 4.69) is 6.92 Å².